The van der Waals surface area contributed by atoms with E-state index in [1.165, 1.54) is 0 Å². The van der Waals surface area contributed by atoms with Gasteiger partial charge in [0, 0.05) is 0 Å². The summed E-state index contributed by atoms with van der Waals surface area (Å²) in [5.41, 5.74) is 0. The second-order valence-electron chi connectivity index (χ2n) is 9.32. The maximum Gasteiger partial charge on any atom is 0.184 e. The molecule has 0 bridgehead atoms. The Morgan fingerprint density at radius 2 is 1.29 bits per heavy atom. The van der Waals surface area contributed by atoms with Crippen LogP contribution in [-0.4, -0.2) is 67.4 Å². The minimum absolute atomic E-state index is 0.124. The van der Waals surface area contributed by atoms with Crippen molar-refractivity contribution in [2.45, 2.75) is 89.7 Å². The molecule has 5 atom stereocenters. The van der Waals surface area contributed by atoms with Crippen molar-refractivity contribution < 1.29 is 27.5 Å². The quantitative estimate of drug-likeness (QED) is 0.667. The number of hydrogen-bond donors (Lipinski definition) is 1. The standard InChI is InChI=1S/C15H35FO5Si3/c1-22(2,3)18-10-11-12(16)13(20-23(4,5)6)14(15(17)19-11)21-24(7,8)9/h11-15,17H,10H2,1-9H3/t11-,12-,13+,14-,15?/m1/s1. The molecule has 1 unspecified atom stereocenters. The molecular weight excluding hydrogens is 363 g/mol. The van der Waals surface area contributed by atoms with Gasteiger partial charge in [-0.25, -0.2) is 4.39 Å². The molecule has 1 fully saturated rings. The highest BCUT2D eigenvalue weighted by Crippen LogP contribution is 2.31. The Labute approximate surface area is 149 Å². The number of aliphatic hydroxyl groups excluding tert-OH is 1. The highest BCUT2D eigenvalue weighted by atomic mass is 28.4. The first-order valence-electron chi connectivity index (χ1n) is 8.56. The third-order valence-electron chi connectivity index (χ3n) is 3.25. The van der Waals surface area contributed by atoms with E-state index in [2.05, 4.69) is 0 Å². The fraction of sp³-hybridized carbons (Fsp3) is 1.00. The molecule has 0 amide bonds. The summed E-state index contributed by atoms with van der Waals surface area (Å²) in [5, 5.41) is 10.4. The summed E-state index contributed by atoms with van der Waals surface area (Å²) in [6.45, 7) is 18.2. The van der Waals surface area contributed by atoms with Gasteiger partial charge >= 0.3 is 0 Å². The lowest BCUT2D eigenvalue weighted by Crippen LogP contribution is -2.62. The molecule has 144 valence electrons. The van der Waals surface area contributed by atoms with Gasteiger partial charge in [-0.1, -0.05) is 0 Å². The van der Waals surface area contributed by atoms with Gasteiger partial charge in [-0.2, -0.15) is 0 Å². The largest absolute Gasteiger partial charge is 0.415 e. The van der Waals surface area contributed by atoms with E-state index in [9.17, 15) is 5.11 Å². The van der Waals surface area contributed by atoms with Crippen molar-refractivity contribution in [2.24, 2.45) is 0 Å². The van der Waals surface area contributed by atoms with E-state index in [4.69, 9.17) is 18.0 Å². The fourth-order valence-electron chi connectivity index (χ4n) is 2.42. The van der Waals surface area contributed by atoms with Crippen molar-refractivity contribution in [2.75, 3.05) is 6.61 Å². The van der Waals surface area contributed by atoms with Gasteiger partial charge in [-0.3, -0.25) is 0 Å². The summed E-state index contributed by atoms with van der Waals surface area (Å²) in [5.74, 6) is 0. The van der Waals surface area contributed by atoms with Crippen LogP contribution in [0, 0.1) is 0 Å². The highest BCUT2D eigenvalue weighted by molar-refractivity contribution is 6.70. The molecule has 1 saturated heterocycles. The molecular formula is C15H35FO5Si3. The summed E-state index contributed by atoms with van der Waals surface area (Å²) >= 11 is 0. The zero-order chi connectivity index (χ0) is 18.9. The molecule has 0 spiro atoms. The molecule has 1 rings (SSSR count). The van der Waals surface area contributed by atoms with Crippen LogP contribution in [0.4, 0.5) is 4.39 Å². The van der Waals surface area contributed by atoms with Crippen molar-refractivity contribution in [3.63, 3.8) is 0 Å². The van der Waals surface area contributed by atoms with E-state index in [-0.39, 0.29) is 6.61 Å². The molecule has 9 heteroatoms. The van der Waals surface area contributed by atoms with Gasteiger partial charge in [-0.15, -0.1) is 0 Å². The Bertz CT molecular complexity index is 405. The lowest BCUT2D eigenvalue weighted by molar-refractivity contribution is -0.266. The third kappa shape index (κ3) is 7.73. The molecule has 0 saturated carbocycles. The minimum atomic E-state index is -2.03. The van der Waals surface area contributed by atoms with Gasteiger partial charge in [0.25, 0.3) is 0 Å². The molecule has 1 N–H and O–H groups in total. The van der Waals surface area contributed by atoms with Crippen LogP contribution in [0.3, 0.4) is 0 Å². The van der Waals surface area contributed by atoms with Gasteiger partial charge in [-0.05, 0) is 58.9 Å². The van der Waals surface area contributed by atoms with Crippen molar-refractivity contribution in [3.05, 3.63) is 0 Å². The Morgan fingerprint density at radius 3 is 1.71 bits per heavy atom. The van der Waals surface area contributed by atoms with Crippen LogP contribution in [0.5, 0.6) is 0 Å². The number of ether oxygens (including phenoxy) is 1. The maximum absolute atomic E-state index is 15.1. The van der Waals surface area contributed by atoms with Crippen LogP contribution >= 0.6 is 0 Å². The smallest absolute Gasteiger partial charge is 0.184 e. The van der Waals surface area contributed by atoms with Crippen molar-refractivity contribution in [3.8, 4) is 0 Å². The van der Waals surface area contributed by atoms with E-state index < -0.39 is 55.7 Å². The van der Waals surface area contributed by atoms with Crippen LogP contribution < -0.4 is 0 Å². The third-order valence-corrected chi connectivity index (χ3v) is 6.24. The first-order valence-corrected chi connectivity index (χ1v) is 18.8. The molecule has 1 aliphatic rings. The minimum Gasteiger partial charge on any atom is -0.415 e. The SMILES string of the molecule is C[Si](C)(C)OC[C@H]1OC(O)[C@H](O[Si](C)(C)C)[C@@H](O[Si](C)(C)C)[C@@H]1F. The lowest BCUT2D eigenvalue weighted by atomic mass is 10.0. The lowest BCUT2D eigenvalue weighted by Gasteiger charge is -2.45. The van der Waals surface area contributed by atoms with E-state index in [0.717, 1.165) is 0 Å². The molecule has 24 heavy (non-hydrogen) atoms. The van der Waals surface area contributed by atoms with E-state index in [1.54, 1.807) is 0 Å². The second kappa shape index (κ2) is 7.95. The van der Waals surface area contributed by atoms with Crippen molar-refractivity contribution in [1.82, 2.24) is 0 Å². The van der Waals surface area contributed by atoms with Crippen LogP contribution in [0.1, 0.15) is 0 Å². The average Bonchev–Trinajstić information content (AvgIpc) is 2.32. The number of hydrogen-bond acceptors (Lipinski definition) is 5. The fourth-order valence-corrected chi connectivity index (χ4v) is 5.24. The molecule has 1 aliphatic heterocycles. The van der Waals surface area contributed by atoms with Gasteiger partial charge in [0.1, 0.15) is 18.3 Å². The van der Waals surface area contributed by atoms with Gasteiger partial charge in [0.05, 0.1) is 6.61 Å². The summed E-state index contributed by atoms with van der Waals surface area (Å²) < 4.78 is 38.5. The molecule has 0 aromatic rings. The topological polar surface area (TPSA) is 57.2 Å². The van der Waals surface area contributed by atoms with Gasteiger partial charge in [0.2, 0.25) is 0 Å². The predicted molar refractivity (Wildman–Crippen MR) is 102 cm³/mol. The van der Waals surface area contributed by atoms with Crippen LogP contribution in [-0.2, 0) is 18.0 Å². The molecule has 0 aliphatic carbocycles. The van der Waals surface area contributed by atoms with Crippen molar-refractivity contribution in [1.29, 1.82) is 0 Å². The Balaban J connectivity index is 2.96. The average molecular weight is 399 g/mol. The summed E-state index contributed by atoms with van der Waals surface area (Å²) in [6, 6.07) is 0. The number of rotatable bonds is 7. The summed E-state index contributed by atoms with van der Waals surface area (Å²) in [6.07, 6.45) is -5.07. The zero-order valence-electron chi connectivity index (χ0n) is 16.6. The number of aliphatic hydroxyl groups is 1. The number of alkyl halides is 1. The summed E-state index contributed by atoms with van der Waals surface area (Å²) in [4.78, 5) is 0. The molecule has 0 aromatic heterocycles. The summed E-state index contributed by atoms with van der Waals surface area (Å²) in [7, 11) is -5.83. The maximum atomic E-state index is 15.1. The molecule has 5 nitrogen and oxygen atoms in total. The van der Waals surface area contributed by atoms with Gasteiger partial charge < -0.3 is 23.1 Å². The van der Waals surface area contributed by atoms with E-state index in [0.29, 0.717) is 0 Å². The highest BCUT2D eigenvalue weighted by Gasteiger charge is 2.50. The second-order valence-corrected chi connectivity index (χ2v) is 22.8. The Hall–Kier alpha value is 0.381. The van der Waals surface area contributed by atoms with Crippen LogP contribution in [0.15, 0.2) is 0 Å². The Kier molecular flexibility index (Phi) is 7.43. The molecule has 1 heterocycles. The van der Waals surface area contributed by atoms with Crippen molar-refractivity contribution >= 4 is 25.0 Å². The first kappa shape index (κ1) is 22.4. The van der Waals surface area contributed by atoms with Crippen LogP contribution in [0.25, 0.3) is 0 Å². The first-order chi connectivity index (χ1) is 10.6. The van der Waals surface area contributed by atoms with E-state index >= 15 is 4.39 Å². The molecule has 0 aromatic carbocycles. The normalized spacial score (nSPS) is 32.9. The van der Waals surface area contributed by atoms with Gasteiger partial charge in [0.15, 0.2) is 37.4 Å². The predicted octanol–water partition coefficient (Wildman–Crippen LogP) is 3.33. The number of halogens is 1. The van der Waals surface area contributed by atoms with Crippen LogP contribution in [0.2, 0.25) is 58.9 Å². The molecule has 0 radical (unpaired) electrons. The monoisotopic (exact) mass is 398 g/mol. The Morgan fingerprint density at radius 1 is 0.833 bits per heavy atom. The zero-order valence-corrected chi connectivity index (χ0v) is 19.6. The van der Waals surface area contributed by atoms with E-state index in [1.807, 2.05) is 58.9 Å².